The van der Waals surface area contributed by atoms with E-state index in [1.165, 1.54) is 0 Å². The molecule has 72 valence electrons. The van der Waals surface area contributed by atoms with Gasteiger partial charge in [0, 0.05) is 6.54 Å². The normalized spacial score (nSPS) is 18.9. The van der Waals surface area contributed by atoms with E-state index in [-0.39, 0.29) is 6.54 Å². The maximum Gasteiger partial charge on any atom is 0.399 e. The predicted molar refractivity (Wildman–Crippen MR) is 41.1 cm³/mol. The third-order valence-electron chi connectivity index (χ3n) is 1.94. The number of carbonyl (C=O) groups excluding carboxylic acids is 1. The Labute approximate surface area is 78.7 Å². The summed E-state index contributed by atoms with van der Waals surface area (Å²) in [4.78, 5) is 10.6. The van der Waals surface area contributed by atoms with Crippen LogP contribution in [0.1, 0.15) is 12.8 Å². The molecule has 1 amide bonds. The van der Waals surface area contributed by atoms with Crippen LogP contribution >= 0.6 is 11.6 Å². The van der Waals surface area contributed by atoms with Gasteiger partial charge in [-0.15, -0.1) is 0 Å². The zero-order chi connectivity index (χ0) is 10.1. The first-order chi connectivity index (χ1) is 5.90. The maximum absolute atomic E-state index is 12.1. The van der Waals surface area contributed by atoms with Crippen LogP contribution in [-0.4, -0.2) is 17.8 Å². The summed E-state index contributed by atoms with van der Waals surface area (Å²) in [6.07, 6.45) is 1.27. The van der Waals surface area contributed by atoms with Crippen molar-refractivity contribution in [3.8, 4) is 6.07 Å². The van der Waals surface area contributed by atoms with Crippen molar-refractivity contribution in [2.24, 2.45) is 5.41 Å². The Balaban J connectivity index is 2.36. The quantitative estimate of drug-likeness (QED) is 0.710. The second-order valence-electron chi connectivity index (χ2n) is 3.07. The van der Waals surface area contributed by atoms with Crippen LogP contribution in [0.4, 0.5) is 8.78 Å². The minimum absolute atomic E-state index is 0.0509. The lowest BCUT2D eigenvalue weighted by molar-refractivity contribution is -0.135. The van der Waals surface area contributed by atoms with Crippen molar-refractivity contribution in [2.45, 2.75) is 18.2 Å². The van der Waals surface area contributed by atoms with Crippen molar-refractivity contribution < 1.29 is 13.6 Å². The molecule has 1 aliphatic rings. The summed E-state index contributed by atoms with van der Waals surface area (Å²) >= 11 is 4.45. The number of hydrogen-bond acceptors (Lipinski definition) is 2. The average Bonchev–Trinajstić information content (AvgIpc) is 2.79. The molecular weight excluding hydrogens is 202 g/mol. The molecule has 1 saturated carbocycles. The molecule has 0 unspecified atom stereocenters. The summed E-state index contributed by atoms with van der Waals surface area (Å²) < 4.78 is 24.2. The molecule has 0 aliphatic heterocycles. The molecule has 6 heteroatoms. The average molecular weight is 209 g/mol. The minimum Gasteiger partial charge on any atom is -0.348 e. The van der Waals surface area contributed by atoms with Gasteiger partial charge in [0.2, 0.25) is 0 Å². The lowest BCUT2D eigenvalue weighted by atomic mass is 10.1. The number of hydrogen-bond donors (Lipinski definition) is 1. The molecule has 1 rings (SSSR count). The Hall–Kier alpha value is -0.890. The molecule has 0 aromatic heterocycles. The highest BCUT2D eigenvalue weighted by Gasteiger charge is 2.45. The van der Waals surface area contributed by atoms with Gasteiger partial charge in [-0.3, -0.25) is 4.79 Å². The van der Waals surface area contributed by atoms with Gasteiger partial charge in [-0.2, -0.15) is 14.0 Å². The fourth-order valence-corrected chi connectivity index (χ4v) is 0.896. The molecule has 0 bridgehead atoms. The van der Waals surface area contributed by atoms with Gasteiger partial charge in [-0.25, -0.2) is 0 Å². The summed E-state index contributed by atoms with van der Waals surface area (Å²) in [7, 11) is 0. The third-order valence-corrected chi connectivity index (χ3v) is 2.11. The van der Waals surface area contributed by atoms with Crippen LogP contribution < -0.4 is 5.32 Å². The molecule has 0 aromatic carbocycles. The van der Waals surface area contributed by atoms with Crippen molar-refractivity contribution in [3.05, 3.63) is 0 Å². The Morgan fingerprint density at radius 1 is 1.69 bits per heavy atom. The monoisotopic (exact) mass is 208 g/mol. The number of rotatable bonds is 3. The largest absolute Gasteiger partial charge is 0.399 e. The number of halogens is 3. The smallest absolute Gasteiger partial charge is 0.348 e. The highest BCUT2D eigenvalue weighted by Crippen LogP contribution is 2.44. The fourth-order valence-electron chi connectivity index (χ4n) is 0.829. The van der Waals surface area contributed by atoms with E-state index in [2.05, 4.69) is 11.6 Å². The van der Waals surface area contributed by atoms with Crippen LogP contribution in [0.25, 0.3) is 0 Å². The second kappa shape index (κ2) is 3.11. The summed E-state index contributed by atoms with van der Waals surface area (Å²) in [6.45, 7) is -0.0509. The van der Waals surface area contributed by atoms with E-state index in [1.807, 2.05) is 11.4 Å². The Bertz CT molecular complexity index is 265. The van der Waals surface area contributed by atoms with Gasteiger partial charge in [0.15, 0.2) is 0 Å². The molecular formula is C7H7ClF2N2O. The van der Waals surface area contributed by atoms with Crippen LogP contribution in [0.15, 0.2) is 0 Å². The van der Waals surface area contributed by atoms with Crippen LogP contribution in [0.3, 0.4) is 0 Å². The highest BCUT2D eigenvalue weighted by molar-refractivity contribution is 6.32. The van der Waals surface area contributed by atoms with Gasteiger partial charge in [-0.05, 0) is 24.4 Å². The van der Waals surface area contributed by atoms with E-state index in [9.17, 15) is 13.6 Å². The molecule has 1 aliphatic carbocycles. The van der Waals surface area contributed by atoms with Gasteiger partial charge >= 0.3 is 11.3 Å². The van der Waals surface area contributed by atoms with E-state index in [0.29, 0.717) is 12.8 Å². The fraction of sp³-hybridized carbons (Fsp3) is 0.714. The van der Waals surface area contributed by atoms with Crippen molar-refractivity contribution in [1.29, 1.82) is 5.26 Å². The van der Waals surface area contributed by atoms with E-state index >= 15 is 0 Å². The first kappa shape index (κ1) is 10.2. The number of nitriles is 1. The van der Waals surface area contributed by atoms with E-state index in [1.54, 1.807) is 0 Å². The molecule has 0 atom stereocenters. The highest BCUT2D eigenvalue weighted by atomic mass is 35.5. The van der Waals surface area contributed by atoms with Crippen LogP contribution in [-0.2, 0) is 4.79 Å². The van der Waals surface area contributed by atoms with Crippen LogP contribution in [0.2, 0.25) is 0 Å². The zero-order valence-electron chi connectivity index (χ0n) is 6.61. The van der Waals surface area contributed by atoms with Gasteiger partial charge < -0.3 is 5.32 Å². The van der Waals surface area contributed by atoms with Gasteiger partial charge in [0.25, 0.3) is 0 Å². The Morgan fingerprint density at radius 2 is 2.23 bits per heavy atom. The van der Waals surface area contributed by atoms with Gasteiger partial charge in [-0.1, -0.05) is 0 Å². The topological polar surface area (TPSA) is 52.9 Å². The molecule has 0 spiro atoms. The molecule has 1 fully saturated rings. The zero-order valence-corrected chi connectivity index (χ0v) is 7.37. The van der Waals surface area contributed by atoms with Gasteiger partial charge in [0.05, 0.1) is 11.5 Å². The Morgan fingerprint density at radius 3 is 2.54 bits per heavy atom. The molecule has 0 heterocycles. The number of alkyl halides is 3. The minimum atomic E-state index is -3.88. The lowest BCUT2D eigenvalue weighted by Gasteiger charge is -2.10. The summed E-state index contributed by atoms with van der Waals surface area (Å²) in [6, 6.07) is 1.96. The summed E-state index contributed by atoms with van der Waals surface area (Å²) in [5, 5.41) is 6.60. The molecule has 13 heavy (non-hydrogen) atoms. The van der Waals surface area contributed by atoms with Crippen molar-refractivity contribution in [1.82, 2.24) is 5.32 Å². The molecule has 1 N–H and O–H groups in total. The number of amides is 1. The van der Waals surface area contributed by atoms with E-state index in [4.69, 9.17) is 5.26 Å². The summed E-state index contributed by atoms with van der Waals surface area (Å²) in [5.41, 5.74) is -0.627. The summed E-state index contributed by atoms with van der Waals surface area (Å²) in [5.74, 6) is -1.55. The van der Waals surface area contributed by atoms with Crippen molar-refractivity contribution in [2.75, 3.05) is 6.54 Å². The number of carbonyl (C=O) groups is 1. The number of nitrogens with one attached hydrogen (secondary N) is 1. The molecule has 0 radical (unpaired) electrons. The third kappa shape index (κ3) is 2.52. The van der Waals surface area contributed by atoms with Crippen LogP contribution in [0.5, 0.6) is 0 Å². The molecule has 0 aromatic rings. The van der Waals surface area contributed by atoms with E-state index in [0.717, 1.165) is 0 Å². The standard InChI is InChI=1S/C7H7ClF2N2O/c8-7(9,10)5(13)12-4-6(3-11)1-2-6/h1-2,4H2,(H,12,13). The SMILES string of the molecule is N#CC1(CNC(=O)C(F)(F)Cl)CC1. The molecule has 0 saturated heterocycles. The lowest BCUT2D eigenvalue weighted by Crippen LogP contribution is -2.39. The second-order valence-corrected chi connectivity index (χ2v) is 3.55. The van der Waals surface area contributed by atoms with Crippen molar-refractivity contribution >= 4 is 17.5 Å². The van der Waals surface area contributed by atoms with Gasteiger partial charge in [0.1, 0.15) is 0 Å². The number of nitrogens with zero attached hydrogens (tertiary/aromatic N) is 1. The maximum atomic E-state index is 12.1. The first-order valence-electron chi connectivity index (χ1n) is 3.66. The Kier molecular flexibility index (Phi) is 2.44. The van der Waals surface area contributed by atoms with Crippen molar-refractivity contribution in [3.63, 3.8) is 0 Å². The molecule has 3 nitrogen and oxygen atoms in total. The van der Waals surface area contributed by atoms with E-state index < -0.39 is 16.7 Å². The van der Waals surface area contributed by atoms with Crippen LogP contribution in [0, 0.1) is 16.7 Å². The first-order valence-corrected chi connectivity index (χ1v) is 4.04. The predicted octanol–water partition coefficient (Wildman–Crippen LogP) is 1.24.